The number of benzene rings is 1. The average Bonchev–Trinajstić information content (AvgIpc) is 2.34. The molecule has 0 saturated carbocycles. The van der Waals surface area contributed by atoms with Crippen molar-refractivity contribution in [1.29, 1.82) is 0 Å². The monoisotopic (exact) mass is 307 g/mol. The summed E-state index contributed by atoms with van der Waals surface area (Å²) in [7, 11) is 0. The van der Waals surface area contributed by atoms with E-state index in [1.807, 2.05) is 0 Å². The molecule has 0 aliphatic carbocycles. The molecule has 92 valence electrons. The number of hydrogen-bond acceptors (Lipinski definition) is 2. The molecule has 0 amide bonds. The normalized spacial score (nSPS) is 10.3. The molecule has 1 aromatic heterocycles. The van der Waals surface area contributed by atoms with Crippen molar-refractivity contribution in [2.24, 2.45) is 0 Å². The fraction of sp³-hybridized carbons (Fsp3) is 0.0769. The van der Waals surface area contributed by atoms with Crippen molar-refractivity contribution in [2.45, 2.75) is 6.54 Å². The molecule has 1 heterocycles. The summed E-state index contributed by atoms with van der Waals surface area (Å²) in [5.41, 5.74) is 0.865. The lowest BCUT2D eigenvalue weighted by Crippen LogP contribution is -2.18. The molecule has 0 spiro atoms. The lowest BCUT2D eigenvalue weighted by atomic mass is 10.1. The van der Waals surface area contributed by atoms with Gasteiger partial charge in [0.15, 0.2) is 0 Å². The Labute approximate surface area is 112 Å². The van der Waals surface area contributed by atoms with Gasteiger partial charge >= 0.3 is 5.97 Å². The highest BCUT2D eigenvalue weighted by Crippen LogP contribution is 2.09. The van der Waals surface area contributed by atoms with Crippen LogP contribution in [0.2, 0.25) is 0 Å². The fourth-order valence-electron chi connectivity index (χ4n) is 1.63. The Morgan fingerprint density at radius 2 is 2.06 bits per heavy atom. The molecule has 18 heavy (non-hydrogen) atoms. The predicted molar refractivity (Wildman–Crippen MR) is 70.9 cm³/mol. The van der Waals surface area contributed by atoms with Gasteiger partial charge in [0.1, 0.15) is 0 Å². The summed E-state index contributed by atoms with van der Waals surface area (Å²) < 4.78 is 2.32. The van der Waals surface area contributed by atoms with Crippen LogP contribution < -0.4 is 5.56 Å². The van der Waals surface area contributed by atoms with E-state index in [1.54, 1.807) is 30.5 Å². The number of rotatable bonds is 3. The molecule has 0 saturated heterocycles. The molecule has 0 radical (unpaired) electrons. The van der Waals surface area contributed by atoms with Crippen LogP contribution in [0.25, 0.3) is 0 Å². The molecule has 2 rings (SSSR count). The number of nitrogens with zero attached hydrogens (tertiary/aromatic N) is 1. The summed E-state index contributed by atoms with van der Waals surface area (Å²) >= 11 is 3.29. The molecule has 0 aliphatic rings. The SMILES string of the molecule is O=C(O)c1cccc(Cn2cc(Br)ccc2=O)c1. The number of carboxylic acids is 1. The first kappa shape index (κ1) is 12.6. The second-order valence-corrected chi connectivity index (χ2v) is 4.73. The third kappa shape index (κ3) is 2.87. The minimum absolute atomic E-state index is 0.126. The molecular formula is C13H10BrNO3. The summed E-state index contributed by atoms with van der Waals surface area (Å²) in [5.74, 6) is -0.974. The van der Waals surface area contributed by atoms with Crippen molar-refractivity contribution in [3.8, 4) is 0 Å². The molecule has 0 atom stereocenters. The lowest BCUT2D eigenvalue weighted by molar-refractivity contribution is 0.0696. The van der Waals surface area contributed by atoms with Crippen molar-refractivity contribution in [1.82, 2.24) is 4.57 Å². The summed E-state index contributed by atoms with van der Waals surface area (Å²) in [6.07, 6.45) is 1.68. The summed E-state index contributed by atoms with van der Waals surface area (Å²) in [5, 5.41) is 8.90. The molecule has 2 aromatic rings. The number of aromatic nitrogens is 1. The van der Waals surface area contributed by atoms with Gasteiger partial charge < -0.3 is 9.67 Å². The predicted octanol–water partition coefficient (Wildman–Crippen LogP) is 2.36. The van der Waals surface area contributed by atoms with Crippen molar-refractivity contribution >= 4 is 21.9 Å². The standard InChI is InChI=1S/C13H10BrNO3/c14-11-4-5-12(16)15(8-11)7-9-2-1-3-10(6-9)13(17)18/h1-6,8H,7H2,(H,17,18). The third-order valence-electron chi connectivity index (χ3n) is 2.47. The van der Waals surface area contributed by atoms with E-state index in [4.69, 9.17) is 5.11 Å². The van der Waals surface area contributed by atoms with Crippen LogP contribution in [-0.2, 0) is 6.54 Å². The number of halogens is 1. The van der Waals surface area contributed by atoms with Gasteiger partial charge in [0.05, 0.1) is 12.1 Å². The maximum atomic E-state index is 11.6. The number of aromatic carboxylic acids is 1. The molecule has 1 N–H and O–H groups in total. The van der Waals surface area contributed by atoms with Gasteiger partial charge in [-0.2, -0.15) is 0 Å². The van der Waals surface area contributed by atoms with Crippen molar-refractivity contribution < 1.29 is 9.90 Å². The molecule has 5 heteroatoms. The van der Waals surface area contributed by atoms with Gasteiger partial charge in [0, 0.05) is 16.7 Å². The van der Waals surface area contributed by atoms with Crippen molar-refractivity contribution in [3.05, 3.63) is 68.5 Å². The average molecular weight is 308 g/mol. The summed E-state index contributed by atoms with van der Waals surface area (Å²) in [6.45, 7) is 0.347. The van der Waals surface area contributed by atoms with Gasteiger partial charge in [0.2, 0.25) is 0 Å². The first-order chi connectivity index (χ1) is 8.56. The van der Waals surface area contributed by atoms with Crippen LogP contribution in [0.3, 0.4) is 0 Å². The van der Waals surface area contributed by atoms with Crippen molar-refractivity contribution in [3.63, 3.8) is 0 Å². The van der Waals surface area contributed by atoms with Crippen LogP contribution in [-0.4, -0.2) is 15.6 Å². The number of hydrogen-bond donors (Lipinski definition) is 1. The minimum atomic E-state index is -0.974. The number of carbonyl (C=O) groups is 1. The molecule has 0 fully saturated rings. The fourth-order valence-corrected chi connectivity index (χ4v) is 2.00. The van der Waals surface area contributed by atoms with Crippen LogP contribution in [0.4, 0.5) is 0 Å². The molecule has 0 unspecified atom stereocenters. The van der Waals surface area contributed by atoms with Crippen LogP contribution in [0.1, 0.15) is 15.9 Å². The van der Waals surface area contributed by atoms with E-state index in [9.17, 15) is 9.59 Å². The van der Waals surface area contributed by atoms with Gasteiger partial charge in [-0.1, -0.05) is 12.1 Å². The maximum absolute atomic E-state index is 11.6. The Morgan fingerprint density at radius 1 is 1.28 bits per heavy atom. The Morgan fingerprint density at radius 3 is 2.78 bits per heavy atom. The Balaban J connectivity index is 2.34. The van der Waals surface area contributed by atoms with E-state index in [0.29, 0.717) is 6.54 Å². The zero-order chi connectivity index (χ0) is 13.1. The van der Waals surface area contributed by atoms with Crippen molar-refractivity contribution in [2.75, 3.05) is 0 Å². The van der Waals surface area contributed by atoms with E-state index in [1.165, 1.54) is 16.7 Å². The van der Waals surface area contributed by atoms with E-state index < -0.39 is 5.97 Å². The minimum Gasteiger partial charge on any atom is -0.478 e. The number of carboxylic acid groups (broad SMARTS) is 1. The van der Waals surface area contributed by atoms with E-state index >= 15 is 0 Å². The quantitative estimate of drug-likeness (QED) is 0.947. The van der Waals surface area contributed by atoms with E-state index in [2.05, 4.69) is 15.9 Å². The van der Waals surface area contributed by atoms with E-state index in [0.717, 1.165) is 10.0 Å². The number of pyridine rings is 1. The second-order valence-electron chi connectivity index (χ2n) is 3.82. The van der Waals surface area contributed by atoms with Gasteiger partial charge in [-0.25, -0.2) is 4.79 Å². The second kappa shape index (κ2) is 5.18. The zero-order valence-electron chi connectivity index (χ0n) is 9.34. The molecule has 0 aliphatic heterocycles. The highest BCUT2D eigenvalue weighted by molar-refractivity contribution is 9.10. The van der Waals surface area contributed by atoms with Crippen LogP contribution in [0.5, 0.6) is 0 Å². The summed E-state index contributed by atoms with van der Waals surface area (Å²) in [6, 6.07) is 9.68. The molecule has 1 aromatic carbocycles. The zero-order valence-corrected chi connectivity index (χ0v) is 10.9. The molecule has 0 bridgehead atoms. The van der Waals surface area contributed by atoms with Gasteiger partial charge in [-0.05, 0) is 39.7 Å². The van der Waals surface area contributed by atoms with Crippen LogP contribution >= 0.6 is 15.9 Å². The van der Waals surface area contributed by atoms with Gasteiger partial charge in [-0.15, -0.1) is 0 Å². The maximum Gasteiger partial charge on any atom is 0.335 e. The highest BCUT2D eigenvalue weighted by Gasteiger charge is 2.04. The molecule has 4 nitrogen and oxygen atoms in total. The first-order valence-corrected chi connectivity index (χ1v) is 6.04. The highest BCUT2D eigenvalue weighted by atomic mass is 79.9. The lowest BCUT2D eigenvalue weighted by Gasteiger charge is -2.06. The Hall–Kier alpha value is -1.88. The molecular weight excluding hydrogens is 298 g/mol. The van der Waals surface area contributed by atoms with E-state index in [-0.39, 0.29) is 11.1 Å². The smallest absolute Gasteiger partial charge is 0.335 e. The third-order valence-corrected chi connectivity index (χ3v) is 2.94. The van der Waals surface area contributed by atoms with Gasteiger partial charge in [0.25, 0.3) is 5.56 Å². The summed E-state index contributed by atoms with van der Waals surface area (Å²) in [4.78, 5) is 22.5. The van der Waals surface area contributed by atoms with Crippen LogP contribution in [0, 0.1) is 0 Å². The first-order valence-electron chi connectivity index (χ1n) is 5.24. The Kier molecular flexibility index (Phi) is 3.62. The topological polar surface area (TPSA) is 59.3 Å². The van der Waals surface area contributed by atoms with Crippen LogP contribution in [0.15, 0.2) is 51.9 Å². The van der Waals surface area contributed by atoms with Gasteiger partial charge in [-0.3, -0.25) is 4.79 Å². The largest absolute Gasteiger partial charge is 0.478 e. The Bertz CT molecular complexity index is 649.